The van der Waals surface area contributed by atoms with Crippen molar-refractivity contribution < 1.29 is 17.6 Å². The topological polar surface area (TPSA) is 89.3 Å². The van der Waals surface area contributed by atoms with Crippen molar-refractivity contribution in [2.45, 2.75) is 18.9 Å². The first-order chi connectivity index (χ1) is 8.87. The minimum absolute atomic E-state index is 0.0661. The van der Waals surface area contributed by atoms with E-state index in [0.29, 0.717) is 12.8 Å². The van der Waals surface area contributed by atoms with Crippen molar-refractivity contribution in [2.24, 2.45) is 0 Å². The fourth-order valence-corrected chi connectivity index (χ4v) is 3.51. The zero-order chi connectivity index (χ0) is 14.0. The van der Waals surface area contributed by atoms with Crippen molar-refractivity contribution in [1.29, 1.82) is 0 Å². The first kappa shape index (κ1) is 13.8. The summed E-state index contributed by atoms with van der Waals surface area (Å²) < 4.78 is 35.6. The van der Waals surface area contributed by atoms with Gasteiger partial charge >= 0.3 is 0 Å². The molecule has 1 aromatic rings. The number of anilines is 1. The van der Waals surface area contributed by atoms with Gasteiger partial charge in [0.1, 0.15) is 15.7 Å². The summed E-state index contributed by atoms with van der Waals surface area (Å²) in [6, 6.07) is 3.37. The van der Waals surface area contributed by atoms with Crippen LogP contribution in [-0.4, -0.2) is 31.9 Å². The Hall–Kier alpha value is -1.63. The molecular weight excluding hydrogens is 271 g/mol. The minimum atomic E-state index is -2.97. The van der Waals surface area contributed by atoms with E-state index >= 15 is 0 Å². The molecule has 19 heavy (non-hydrogen) atoms. The van der Waals surface area contributed by atoms with Gasteiger partial charge in [-0.25, -0.2) is 12.8 Å². The highest BCUT2D eigenvalue weighted by atomic mass is 32.2. The molecule has 0 unspecified atom stereocenters. The van der Waals surface area contributed by atoms with E-state index in [4.69, 9.17) is 5.73 Å². The van der Waals surface area contributed by atoms with E-state index in [0.717, 1.165) is 6.07 Å². The predicted molar refractivity (Wildman–Crippen MR) is 70.0 cm³/mol. The van der Waals surface area contributed by atoms with E-state index in [1.807, 2.05) is 0 Å². The monoisotopic (exact) mass is 286 g/mol. The Morgan fingerprint density at radius 2 is 1.95 bits per heavy atom. The smallest absolute Gasteiger partial charge is 0.253 e. The van der Waals surface area contributed by atoms with Crippen LogP contribution in [0.4, 0.5) is 10.1 Å². The molecule has 0 atom stereocenters. The number of carbonyl (C=O) groups is 1. The van der Waals surface area contributed by atoms with Crippen LogP contribution in [0.1, 0.15) is 23.2 Å². The largest absolute Gasteiger partial charge is 0.398 e. The average molecular weight is 286 g/mol. The van der Waals surface area contributed by atoms with Crippen molar-refractivity contribution >= 4 is 21.4 Å². The molecule has 1 aliphatic heterocycles. The van der Waals surface area contributed by atoms with Gasteiger partial charge in [0.25, 0.3) is 5.91 Å². The average Bonchev–Trinajstić information content (AvgIpc) is 2.35. The molecule has 3 N–H and O–H groups in total. The number of nitrogens with one attached hydrogen (secondary N) is 1. The molecule has 1 fully saturated rings. The van der Waals surface area contributed by atoms with Crippen LogP contribution >= 0.6 is 0 Å². The summed E-state index contributed by atoms with van der Waals surface area (Å²) in [6.45, 7) is 0. The summed E-state index contributed by atoms with van der Waals surface area (Å²) in [5.41, 5.74) is 5.89. The zero-order valence-electron chi connectivity index (χ0n) is 10.2. The fraction of sp³-hybridized carbons (Fsp3) is 0.417. The van der Waals surface area contributed by atoms with Gasteiger partial charge in [-0.3, -0.25) is 4.79 Å². The molecule has 1 aromatic carbocycles. The molecule has 0 aromatic heterocycles. The van der Waals surface area contributed by atoms with E-state index in [1.54, 1.807) is 0 Å². The Kier molecular flexibility index (Phi) is 3.75. The van der Waals surface area contributed by atoms with Crippen LogP contribution in [0.3, 0.4) is 0 Å². The molecule has 1 saturated heterocycles. The number of halogens is 1. The predicted octanol–water partition coefficient (Wildman–Crippen LogP) is 0.715. The first-order valence-electron chi connectivity index (χ1n) is 5.94. The van der Waals surface area contributed by atoms with Gasteiger partial charge in [-0.1, -0.05) is 0 Å². The molecule has 1 aliphatic rings. The lowest BCUT2D eigenvalue weighted by molar-refractivity contribution is 0.0934. The van der Waals surface area contributed by atoms with Crippen molar-refractivity contribution in [3.63, 3.8) is 0 Å². The van der Waals surface area contributed by atoms with Crippen LogP contribution < -0.4 is 11.1 Å². The van der Waals surface area contributed by atoms with Gasteiger partial charge in [0.15, 0.2) is 0 Å². The van der Waals surface area contributed by atoms with Gasteiger partial charge in [0, 0.05) is 11.7 Å². The van der Waals surface area contributed by atoms with Crippen LogP contribution in [0.15, 0.2) is 18.2 Å². The molecule has 0 bridgehead atoms. The van der Waals surface area contributed by atoms with Crippen LogP contribution in [0.5, 0.6) is 0 Å². The molecule has 1 heterocycles. The number of nitrogen functional groups attached to an aromatic ring is 1. The summed E-state index contributed by atoms with van der Waals surface area (Å²) in [5.74, 6) is -0.875. The van der Waals surface area contributed by atoms with Gasteiger partial charge in [0.2, 0.25) is 0 Å². The fourth-order valence-electron chi connectivity index (χ4n) is 2.02. The first-order valence-corrected chi connectivity index (χ1v) is 7.76. The molecule has 0 saturated carbocycles. The maximum atomic E-state index is 13.1. The van der Waals surface area contributed by atoms with E-state index in [2.05, 4.69) is 5.32 Å². The Morgan fingerprint density at radius 1 is 1.32 bits per heavy atom. The second-order valence-electron chi connectivity index (χ2n) is 4.63. The molecular formula is C12H15FN2O3S. The zero-order valence-corrected chi connectivity index (χ0v) is 11.0. The molecule has 104 valence electrons. The van der Waals surface area contributed by atoms with E-state index in [-0.39, 0.29) is 28.8 Å². The standard InChI is InChI=1S/C12H15FN2O3S/c13-8-1-2-11(14)10(7-8)12(16)15-9-3-5-19(17,18)6-4-9/h1-2,7,9H,3-6,14H2,(H,15,16). The lowest BCUT2D eigenvalue weighted by Crippen LogP contribution is -2.41. The number of hydrogen-bond donors (Lipinski definition) is 2. The van der Waals surface area contributed by atoms with Crippen LogP contribution in [-0.2, 0) is 9.84 Å². The van der Waals surface area contributed by atoms with Gasteiger partial charge in [-0.15, -0.1) is 0 Å². The molecule has 0 aliphatic carbocycles. The molecule has 5 nitrogen and oxygen atoms in total. The van der Waals surface area contributed by atoms with Crippen LogP contribution in [0, 0.1) is 5.82 Å². The minimum Gasteiger partial charge on any atom is -0.398 e. The highest BCUT2D eigenvalue weighted by Gasteiger charge is 2.25. The third kappa shape index (κ3) is 3.44. The van der Waals surface area contributed by atoms with Gasteiger partial charge in [0.05, 0.1) is 17.1 Å². The maximum absolute atomic E-state index is 13.1. The molecule has 0 radical (unpaired) electrons. The number of benzene rings is 1. The summed E-state index contributed by atoms with van der Waals surface area (Å²) in [6.07, 6.45) is 0.757. The number of carbonyl (C=O) groups excluding carboxylic acids is 1. The van der Waals surface area contributed by atoms with Gasteiger partial charge in [-0.05, 0) is 31.0 Å². The van der Waals surface area contributed by atoms with Crippen molar-refractivity contribution in [1.82, 2.24) is 5.32 Å². The lowest BCUT2D eigenvalue weighted by Gasteiger charge is -2.23. The number of rotatable bonds is 2. The van der Waals surface area contributed by atoms with Crippen molar-refractivity contribution in [2.75, 3.05) is 17.2 Å². The summed E-state index contributed by atoms with van der Waals surface area (Å²) in [4.78, 5) is 11.9. The molecule has 0 spiro atoms. The Morgan fingerprint density at radius 3 is 2.58 bits per heavy atom. The van der Waals surface area contributed by atoms with E-state index < -0.39 is 21.6 Å². The molecule has 2 rings (SSSR count). The molecule has 1 amide bonds. The van der Waals surface area contributed by atoms with Gasteiger partial charge < -0.3 is 11.1 Å². The second kappa shape index (κ2) is 5.16. The van der Waals surface area contributed by atoms with Crippen LogP contribution in [0.2, 0.25) is 0 Å². The summed E-state index contributed by atoms with van der Waals surface area (Å²) >= 11 is 0. The highest BCUT2D eigenvalue weighted by molar-refractivity contribution is 7.91. The summed E-state index contributed by atoms with van der Waals surface area (Å²) in [5, 5.41) is 2.69. The summed E-state index contributed by atoms with van der Waals surface area (Å²) in [7, 11) is -2.97. The third-order valence-electron chi connectivity index (χ3n) is 3.15. The molecule has 7 heteroatoms. The van der Waals surface area contributed by atoms with Crippen LogP contribution in [0.25, 0.3) is 0 Å². The SMILES string of the molecule is Nc1ccc(F)cc1C(=O)NC1CCS(=O)(=O)CC1. The number of amides is 1. The lowest BCUT2D eigenvalue weighted by atomic mass is 10.1. The van der Waals surface area contributed by atoms with E-state index in [9.17, 15) is 17.6 Å². The normalized spacial score (nSPS) is 19.0. The quantitative estimate of drug-likeness (QED) is 0.784. The highest BCUT2D eigenvalue weighted by Crippen LogP contribution is 2.16. The van der Waals surface area contributed by atoms with E-state index in [1.165, 1.54) is 12.1 Å². The number of hydrogen-bond acceptors (Lipinski definition) is 4. The third-order valence-corrected chi connectivity index (χ3v) is 4.87. The van der Waals surface area contributed by atoms with Crippen molar-refractivity contribution in [3.8, 4) is 0 Å². The number of nitrogens with two attached hydrogens (primary N) is 1. The van der Waals surface area contributed by atoms with Crippen molar-refractivity contribution in [3.05, 3.63) is 29.6 Å². The number of sulfone groups is 1. The Labute approximate surface area is 110 Å². The Bertz CT molecular complexity index is 587. The second-order valence-corrected chi connectivity index (χ2v) is 6.93. The maximum Gasteiger partial charge on any atom is 0.253 e. The Balaban J connectivity index is 2.04. The van der Waals surface area contributed by atoms with Gasteiger partial charge in [-0.2, -0.15) is 0 Å².